The van der Waals surface area contributed by atoms with Crippen LogP contribution in [-0.2, 0) is 19.0 Å². The van der Waals surface area contributed by atoms with Crippen molar-refractivity contribution in [2.24, 2.45) is 0 Å². The van der Waals surface area contributed by atoms with Crippen molar-refractivity contribution in [2.45, 2.75) is 44.4 Å². The zero-order valence-corrected chi connectivity index (χ0v) is 12.7. The van der Waals surface area contributed by atoms with Crippen LogP contribution in [0.1, 0.15) is 20.3 Å². The molecule has 0 aromatic rings. The molecule has 17 heavy (non-hydrogen) atoms. The van der Waals surface area contributed by atoms with Gasteiger partial charge in [0.15, 0.2) is 5.79 Å². The first-order valence-electron chi connectivity index (χ1n) is 5.12. The van der Waals surface area contributed by atoms with Crippen molar-refractivity contribution in [3.05, 3.63) is 12.2 Å². The van der Waals surface area contributed by atoms with Gasteiger partial charge in [0.25, 0.3) is 0 Å². The molecule has 0 spiro atoms. The quantitative estimate of drug-likeness (QED) is 0.335. The predicted octanol–water partition coefficient (Wildman–Crippen LogP) is -2.47. The van der Waals surface area contributed by atoms with Crippen LogP contribution in [0.2, 0.25) is 0 Å². The Morgan fingerprint density at radius 3 is 2.65 bits per heavy atom. The third-order valence-electron chi connectivity index (χ3n) is 2.42. The number of carbonyl (C=O) groups excluding carboxylic acids is 1. The summed E-state index contributed by atoms with van der Waals surface area (Å²) in [5, 5.41) is 7.00. The van der Waals surface area contributed by atoms with Gasteiger partial charge in [0.1, 0.15) is 12.2 Å². The molecule has 1 aliphatic heterocycles. The molecule has 1 aliphatic carbocycles. The second-order valence-corrected chi connectivity index (χ2v) is 3.97. The number of fused-ring (bicyclic) bond motifs is 1. The normalized spacial score (nSPS) is 32.6. The van der Waals surface area contributed by atoms with E-state index in [0.29, 0.717) is 0 Å². The first-order chi connectivity index (χ1) is 7.62. The van der Waals surface area contributed by atoms with Crippen molar-refractivity contribution in [3.63, 3.8) is 0 Å². The maximum Gasteiger partial charge on any atom is 1.00 e. The molecule has 1 saturated heterocycles. The van der Waals surface area contributed by atoms with Crippen molar-refractivity contribution < 1.29 is 53.7 Å². The van der Waals surface area contributed by atoms with Gasteiger partial charge < -0.3 is 24.1 Å². The summed E-state index contributed by atoms with van der Waals surface area (Å²) in [6.45, 7) is 5.15. The van der Waals surface area contributed by atoms with Gasteiger partial charge in [-0.25, -0.2) is 0 Å². The van der Waals surface area contributed by atoms with Crippen LogP contribution < -0.4 is 29.6 Å². The number of aliphatic hydroxyl groups excluding tert-OH is 1. The van der Waals surface area contributed by atoms with E-state index < -0.39 is 5.79 Å². The van der Waals surface area contributed by atoms with Gasteiger partial charge in [0, 0.05) is 7.11 Å². The molecule has 0 aromatic heterocycles. The molecule has 3 unspecified atom stereocenters. The third-order valence-corrected chi connectivity index (χ3v) is 2.42. The van der Waals surface area contributed by atoms with E-state index in [9.17, 15) is 4.79 Å². The van der Waals surface area contributed by atoms with Crippen LogP contribution in [0.4, 0.5) is 0 Å². The molecule has 0 bridgehead atoms. The van der Waals surface area contributed by atoms with E-state index in [2.05, 4.69) is 0 Å². The summed E-state index contributed by atoms with van der Waals surface area (Å²) >= 11 is 0. The van der Waals surface area contributed by atoms with Crippen LogP contribution in [0.5, 0.6) is 0 Å². The molecule has 0 radical (unpaired) electrons. The summed E-state index contributed by atoms with van der Waals surface area (Å²) in [5.74, 6) is -0.591. The fourth-order valence-corrected chi connectivity index (χ4v) is 1.94. The number of hydrogen-bond acceptors (Lipinski definition) is 5. The molecular weight excluding hydrogens is 235 g/mol. The summed E-state index contributed by atoms with van der Waals surface area (Å²) < 4.78 is 16.1. The molecule has 6 heteroatoms. The van der Waals surface area contributed by atoms with Crippen LogP contribution in [0, 0.1) is 0 Å². The Hall–Kier alpha value is 0.0900. The minimum atomic E-state index is -0.591. The van der Waals surface area contributed by atoms with Crippen molar-refractivity contribution in [2.75, 3.05) is 7.11 Å². The van der Waals surface area contributed by atoms with Crippen molar-refractivity contribution in [1.29, 1.82) is 0 Å². The summed E-state index contributed by atoms with van der Waals surface area (Å²) in [5.41, 5.74) is 0. The second kappa shape index (κ2) is 7.51. The van der Waals surface area contributed by atoms with Crippen LogP contribution >= 0.6 is 0 Å². The molecular formula is C11H17NaO5. The molecule has 2 rings (SSSR count). The molecule has 1 N–H and O–H groups in total. The standard InChI is InChI=1S/C10H13O4.CH4O.Na/c1-10(2)13-8-5-3-4-7(12-6-11)9(8)14-10;1-2;/h3-4,7-9H,5H2,1-2H3;2H,1H3;/q-1;;+1. The van der Waals surface area contributed by atoms with E-state index >= 15 is 0 Å². The van der Waals surface area contributed by atoms with Gasteiger partial charge in [0.05, 0.1) is 6.10 Å². The van der Waals surface area contributed by atoms with Crippen molar-refractivity contribution in [1.82, 2.24) is 0 Å². The summed E-state index contributed by atoms with van der Waals surface area (Å²) in [7, 11) is 1.00. The maximum atomic E-state index is 10.1. The summed E-state index contributed by atoms with van der Waals surface area (Å²) in [6.07, 6.45) is 3.97. The fraction of sp³-hybridized carbons (Fsp3) is 0.727. The average Bonchev–Trinajstić information content (AvgIpc) is 2.57. The Kier molecular flexibility index (Phi) is 7.55. The zero-order valence-electron chi connectivity index (χ0n) is 10.7. The molecule has 92 valence electrons. The first kappa shape index (κ1) is 17.1. The number of ether oxygens (including phenoxy) is 3. The molecule has 1 fully saturated rings. The molecule has 0 saturated carbocycles. The Morgan fingerprint density at radius 2 is 2.06 bits per heavy atom. The molecule has 1 heterocycles. The van der Waals surface area contributed by atoms with Gasteiger partial charge in [-0.3, -0.25) is 0 Å². The largest absolute Gasteiger partial charge is 1.00 e. The van der Waals surface area contributed by atoms with Gasteiger partial charge in [-0.05, 0) is 26.3 Å². The van der Waals surface area contributed by atoms with Gasteiger partial charge in [0.2, 0.25) is 0 Å². The molecule has 5 nitrogen and oxygen atoms in total. The van der Waals surface area contributed by atoms with Gasteiger partial charge in [-0.2, -0.15) is 0 Å². The fourth-order valence-electron chi connectivity index (χ4n) is 1.94. The SMILES string of the molecule is CC1(C)OC2CC=CC(O[C-]=O)C2O1.CO.[Na+]. The number of aliphatic hydroxyl groups is 1. The van der Waals surface area contributed by atoms with Crippen LogP contribution in [0.15, 0.2) is 12.2 Å². The number of hydrogen-bond donors (Lipinski definition) is 1. The Bertz CT molecular complexity index is 267. The van der Waals surface area contributed by atoms with E-state index in [1.54, 1.807) is 0 Å². The summed E-state index contributed by atoms with van der Waals surface area (Å²) in [6, 6.07) is 0. The smallest absolute Gasteiger partial charge is 0.646 e. The Balaban J connectivity index is 0.000000811. The third kappa shape index (κ3) is 4.35. The molecule has 0 amide bonds. The van der Waals surface area contributed by atoms with E-state index in [1.807, 2.05) is 26.0 Å². The second-order valence-electron chi connectivity index (χ2n) is 3.97. The van der Waals surface area contributed by atoms with Crippen molar-refractivity contribution >= 4 is 6.47 Å². The van der Waals surface area contributed by atoms with Crippen LogP contribution in [0.25, 0.3) is 0 Å². The Labute approximate surface area is 123 Å². The predicted molar refractivity (Wildman–Crippen MR) is 56.3 cm³/mol. The monoisotopic (exact) mass is 252 g/mol. The van der Waals surface area contributed by atoms with Gasteiger partial charge >= 0.3 is 29.6 Å². The minimum Gasteiger partial charge on any atom is -0.646 e. The number of rotatable bonds is 2. The molecule has 2 aliphatic rings. The van der Waals surface area contributed by atoms with E-state index in [0.717, 1.165) is 13.5 Å². The molecule has 0 aromatic carbocycles. The Morgan fingerprint density at radius 1 is 1.41 bits per heavy atom. The van der Waals surface area contributed by atoms with E-state index in [4.69, 9.17) is 19.3 Å². The minimum absolute atomic E-state index is 0. The summed E-state index contributed by atoms with van der Waals surface area (Å²) in [4.78, 5) is 10.1. The molecule has 3 atom stereocenters. The van der Waals surface area contributed by atoms with Gasteiger partial charge in [-0.1, -0.05) is 12.5 Å². The van der Waals surface area contributed by atoms with E-state index in [-0.39, 0.29) is 47.9 Å². The van der Waals surface area contributed by atoms with Crippen molar-refractivity contribution in [3.8, 4) is 0 Å². The first-order valence-corrected chi connectivity index (χ1v) is 5.12. The van der Waals surface area contributed by atoms with Gasteiger partial charge in [-0.15, -0.1) is 0 Å². The maximum absolute atomic E-state index is 10.1. The average molecular weight is 252 g/mol. The topological polar surface area (TPSA) is 65.0 Å². The van der Waals surface area contributed by atoms with E-state index in [1.165, 1.54) is 6.47 Å². The van der Waals surface area contributed by atoms with Crippen LogP contribution in [-0.4, -0.2) is 42.8 Å². The van der Waals surface area contributed by atoms with Crippen LogP contribution in [0.3, 0.4) is 0 Å². The zero-order chi connectivity index (χ0) is 12.2.